The molecule has 206 valence electrons. The maximum absolute atomic E-state index is 16.0. The maximum atomic E-state index is 16.0. The Hall–Kier alpha value is -3.99. The predicted octanol–water partition coefficient (Wildman–Crippen LogP) is 2.98. The zero-order chi connectivity index (χ0) is 27.4. The SMILES string of the molecule is O=C(c1cn2c3c(c(N4CCN(CCO)CC4)c(F)cc3c1=O)Oc1cc3ccccc3cc1-2)N1CCOCC1. The van der Waals surface area contributed by atoms with Crippen LogP contribution >= 0.6 is 0 Å². The van der Waals surface area contributed by atoms with Crippen molar-refractivity contribution in [3.05, 3.63) is 70.3 Å². The first kappa shape index (κ1) is 25.0. The number of halogens is 1. The van der Waals surface area contributed by atoms with Crippen molar-refractivity contribution in [2.75, 3.05) is 70.5 Å². The van der Waals surface area contributed by atoms with Crippen molar-refractivity contribution in [1.29, 1.82) is 0 Å². The number of aliphatic hydroxyl groups excluding tert-OH is 1. The summed E-state index contributed by atoms with van der Waals surface area (Å²) in [6.45, 7) is 4.65. The number of carbonyl (C=O) groups excluding carboxylic acids is 1. The van der Waals surface area contributed by atoms with Gasteiger partial charge in [-0.2, -0.15) is 0 Å². The van der Waals surface area contributed by atoms with Crippen molar-refractivity contribution in [1.82, 2.24) is 14.4 Å². The number of amides is 1. The van der Waals surface area contributed by atoms with Gasteiger partial charge in [0.15, 0.2) is 17.3 Å². The standard InChI is InChI=1S/C30H29FN4O5/c31-23-17-21-26-29(27(23)33-7-5-32(6-8-33)9-12-36)40-25-16-20-4-2-1-3-19(20)15-24(25)35(26)18-22(28(21)37)30(38)34-10-13-39-14-11-34/h1-4,15-18,36H,5-14H2. The second-order valence-corrected chi connectivity index (χ2v) is 10.4. The van der Waals surface area contributed by atoms with Gasteiger partial charge in [0, 0.05) is 52.0 Å². The molecule has 1 aromatic heterocycles. The molecule has 4 aromatic rings. The second-order valence-electron chi connectivity index (χ2n) is 10.4. The van der Waals surface area contributed by atoms with E-state index >= 15 is 4.39 Å². The normalized spacial score (nSPS) is 17.2. The summed E-state index contributed by atoms with van der Waals surface area (Å²) in [5.74, 6) is -0.164. The van der Waals surface area contributed by atoms with E-state index in [1.165, 1.54) is 6.07 Å². The highest BCUT2D eigenvalue weighted by atomic mass is 19.1. The number of anilines is 1. The zero-order valence-electron chi connectivity index (χ0n) is 21.9. The third-order valence-electron chi connectivity index (χ3n) is 8.10. The lowest BCUT2D eigenvalue weighted by Gasteiger charge is -2.37. The number of pyridine rings is 1. The largest absolute Gasteiger partial charge is 0.451 e. The van der Waals surface area contributed by atoms with Crippen molar-refractivity contribution in [3.8, 4) is 17.2 Å². The Morgan fingerprint density at radius 1 is 0.975 bits per heavy atom. The fourth-order valence-corrected chi connectivity index (χ4v) is 6.01. The van der Waals surface area contributed by atoms with Crippen LogP contribution in [0.15, 0.2) is 53.5 Å². The molecule has 4 heterocycles. The van der Waals surface area contributed by atoms with Crippen molar-refractivity contribution in [3.63, 3.8) is 0 Å². The van der Waals surface area contributed by atoms with Crippen LogP contribution in [0, 0.1) is 5.82 Å². The molecule has 10 heteroatoms. The lowest BCUT2D eigenvalue weighted by Crippen LogP contribution is -2.47. The minimum Gasteiger partial charge on any atom is -0.451 e. The molecule has 0 unspecified atom stereocenters. The van der Waals surface area contributed by atoms with Gasteiger partial charge in [0.2, 0.25) is 5.43 Å². The quantitative estimate of drug-likeness (QED) is 0.372. The zero-order valence-corrected chi connectivity index (χ0v) is 21.9. The van der Waals surface area contributed by atoms with Gasteiger partial charge in [-0.1, -0.05) is 24.3 Å². The highest BCUT2D eigenvalue weighted by molar-refractivity contribution is 6.02. The molecule has 3 aliphatic heterocycles. The molecule has 0 bridgehead atoms. The average Bonchev–Trinajstić information content (AvgIpc) is 2.98. The van der Waals surface area contributed by atoms with Crippen LogP contribution in [0.5, 0.6) is 11.5 Å². The van der Waals surface area contributed by atoms with Gasteiger partial charge in [-0.15, -0.1) is 0 Å². The number of fused-ring (bicyclic) bond motifs is 3. The molecule has 2 fully saturated rings. The van der Waals surface area contributed by atoms with Gasteiger partial charge >= 0.3 is 0 Å². The van der Waals surface area contributed by atoms with E-state index in [1.54, 1.807) is 11.1 Å². The van der Waals surface area contributed by atoms with E-state index in [0.717, 1.165) is 10.8 Å². The highest BCUT2D eigenvalue weighted by Gasteiger charge is 2.33. The van der Waals surface area contributed by atoms with Gasteiger partial charge in [-0.3, -0.25) is 14.5 Å². The molecule has 3 aliphatic rings. The van der Waals surface area contributed by atoms with Gasteiger partial charge in [0.25, 0.3) is 5.91 Å². The smallest absolute Gasteiger partial charge is 0.259 e. The topological polar surface area (TPSA) is 87.5 Å². The molecule has 0 atom stereocenters. The van der Waals surface area contributed by atoms with E-state index in [-0.39, 0.29) is 29.2 Å². The third-order valence-corrected chi connectivity index (χ3v) is 8.10. The highest BCUT2D eigenvalue weighted by Crippen LogP contribution is 2.47. The summed E-state index contributed by atoms with van der Waals surface area (Å²) < 4.78 is 29.7. The molecule has 3 aromatic carbocycles. The molecule has 9 nitrogen and oxygen atoms in total. The molecular weight excluding hydrogens is 515 g/mol. The molecule has 0 saturated carbocycles. The molecule has 0 spiro atoms. The van der Waals surface area contributed by atoms with Crippen molar-refractivity contribution >= 4 is 33.3 Å². The van der Waals surface area contributed by atoms with E-state index < -0.39 is 11.2 Å². The molecule has 1 amide bonds. The number of benzene rings is 3. The average molecular weight is 545 g/mol. The van der Waals surface area contributed by atoms with Gasteiger partial charge < -0.3 is 28.9 Å². The van der Waals surface area contributed by atoms with Crippen LogP contribution in [-0.2, 0) is 4.74 Å². The summed E-state index contributed by atoms with van der Waals surface area (Å²) in [5, 5.41) is 11.4. The Morgan fingerprint density at radius 3 is 2.42 bits per heavy atom. The number of aromatic nitrogens is 1. The number of β-amino-alcohol motifs (C(OH)–C–C–N with tert-alkyl or cyclic N) is 1. The number of hydrogen-bond acceptors (Lipinski definition) is 7. The fraction of sp³-hybridized carbons (Fsp3) is 0.333. The first-order chi connectivity index (χ1) is 19.5. The summed E-state index contributed by atoms with van der Waals surface area (Å²) >= 11 is 0. The maximum Gasteiger partial charge on any atom is 0.259 e. The van der Waals surface area contributed by atoms with Gasteiger partial charge in [-0.25, -0.2) is 4.39 Å². The van der Waals surface area contributed by atoms with E-state index in [1.807, 2.05) is 45.9 Å². The minimum absolute atomic E-state index is 0.00822. The Balaban J connectivity index is 1.45. The van der Waals surface area contributed by atoms with Crippen molar-refractivity contribution in [2.45, 2.75) is 0 Å². The summed E-state index contributed by atoms with van der Waals surface area (Å²) in [6.07, 6.45) is 1.59. The van der Waals surface area contributed by atoms with Crippen LogP contribution in [0.25, 0.3) is 27.4 Å². The molecule has 2 saturated heterocycles. The first-order valence-corrected chi connectivity index (χ1v) is 13.6. The van der Waals surface area contributed by atoms with Crippen LogP contribution in [-0.4, -0.2) is 91.0 Å². The number of rotatable bonds is 4. The van der Waals surface area contributed by atoms with Crippen LogP contribution in [0.3, 0.4) is 0 Å². The first-order valence-electron chi connectivity index (χ1n) is 13.6. The molecule has 0 aliphatic carbocycles. The second kappa shape index (κ2) is 9.88. The number of aliphatic hydroxyl groups is 1. The number of ether oxygens (including phenoxy) is 2. The van der Waals surface area contributed by atoms with E-state index in [0.29, 0.717) is 81.7 Å². The molecule has 1 N–H and O–H groups in total. The van der Waals surface area contributed by atoms with Crippen LogP contribution in [0.2, 0.25) is 0 Å². The van der Waals surface area contributed by atoms with Gasteiger partial charge in [0.05, 0.1) is 30.9 Å². The number of morpholine rings is 1. The number of carbonyl (C=O) groups is 1. The number of hydrogen-bond donors (Lipinski definition) is 1. The van der Waals surface area contributed by atoms with Gasteiger partial charge in [-0.05, 0) is 29.0 Å². The Kier molecular flexibility index (Phi) is 6.18. The van der Waals surface area contributed by atoms with Crippen molar-refractivity contribution in [2.24, 2.45) is 0 Å². The predicted molar refractivity (Wildman–Crippen MR) is 150 cm³/mol. The van der Waals surface area contributed by atoms with Gasteiger partial charge in [0.1, 0.15) is 16.8 Å². The summed E-state index contributed by atoms with van der Waals surface area (Å²) in [5.41, 5.74) is 0.898. The van der Waals surface area contributed by atoms with E-state index in [9.17, 15) is 14.7 Å². The lowest BCUT2D eigenvalue weighted by molar-refractivity contribution is 0.0301. The fourth-order valence-electron chi connectivity index (χ4n) is 6.01. The number of nitrogens with zero attached hydrogens (tertiary/aromatic N) is 4. The molecule has 40 heavy (non-hydrogen) atoms. The summed E-state index contributed by atoms with van der Waals surface area (Å²) in [6, 6.07) is 13.0. The third kappa shape index (κ3) is 4.02. The molecule has 0 radical (unpaired) electrons. The molecular formula is C30H29FN4O5. The van der Waals surface area contributed by atoms with E-state index in [4.69, 9.17) is 9.47 Å². The Labute approximate surface area is 229 Å². The van der Waals surface area contributed by atoms with Crippen LogP contribution in [0.1, 0.15) is 10.4 Å². The summed E-state index contributed by atoms with van der Waals surface area (Å²) in [4.78, 5) is 33.0. The molecule has 7 rings (SSSR count). The Morgan fingerprint density at radius 2 is 1.70 bits per heavy atom. The van der Waals surface area contributed by atoms with Crippen LogP contribution < -0.4 is 15.1 Å². The summed E-state index contributed by atoms with van der Waals surface area (Å²) in [7, 11) is 0. The number of piperazine rings is 1. The Bertz CT molecular complexity index is 1710. The monoisotopic (exact) mass is 544 g/mol. The lowest BCUT2D eigenvalue weighted by atomic mass is 10.0. The van der Waals surface area contributed by atoms with Crippen molar-refractivity contribution < 1.29 is 23.8 Å². The van der Waals surface area contributed by atoms with Crippen LogP contribution in [0.4, 0.5) is 10.1 Å². The van der Waals surface area contributed by atoms with E-state index in [2.05, 4.69) is 4.90 Å². The minimum atomic E-state index is -0.568.